The van der Waals surface area contributed by atoms with Gasteiger partial charge in [0.1, 0.15) is 10.7 Å². The number of ether oxygens (including phenoxy) is 1. The molecule has 3 aliphatic rings. The SMILES string of the molecule is O=C1OC2=CC=CCCCC2C(O)C1C(c1cccc(NS(=O)(=O)c2c(Cl)cc(Cl)cc2Cl)c1)C1CC1. The molecule has 2 fully saturated rings. The average Bonchev–Trinajstić information content (AvgIpc) is 3.62. The lowest BCUT2D eigenvalue weighted by atomic mass is 9.72. The summed E-state index contributed by atoms with van der Waals surface area (Å²) in [5, 5.41) is 11.5. The summed E-state index contributed by atoms with van der Waals surface area (Å²) in [6, 6.07) is 9.51. The van der Waals surface area contributed by atoms with Crippen LogP contribution < -0.4 is 4.72 Å². The van der Waals surface area contributed by atoms with Gasteiger partial charge in [-0.15, -0.1) is 0 Å². The third kappa shape index (κ3) is 5.57. The Labute approximate surface area is 231 Å². The van der Waals surface area contributed by atoms with Crippen LogP contribution in [0.2, 0.25) is 15.1 Å². The summed E-state index contributed by atoms with van der Waals surface area (Å²) in [4.78, 5) is 12.9. The highest BCUT2D eigenvalue weighted by atomic mass is 35.5. The Kier molecular flexibility index (Phi) is 7.63. The number of aliphatic hydroxyl groups is 1. The molecule has 0 bridgehead atoms. The minimum atomic E-state index is -4.14. The number of sulfonamides is 1. The Balaban J connectivity index is 1.46. The number of nitrogens with one attached hydrogen (secondary N) is 1. The molecule has 2 N–H and O–H groups in total. The Morgan fingerprint density at radius 2 is 1.78 bits per heavy atom. The van der Waals surface area contributed by atoms with E-state index in [2.05, 4.69) is 4.72 Å². The lowest BCUT2D eigenvalue weighted by Gasteiger charge is -2.39. The highest BCUT2D eigenvalue weighted by Gasteiger charge is 2.50. The van der Waals surface area contributed by atoms with Gasteiger partial charge < -0.3 is 9.84 Å². The molecule has 1 saturated heterocycles. The molecule has 2 aromatic carbocycles. The van der Waals surface area contributed by atoms with E-state index < -0.39 is 28.0 Å². The molecule has 2 aromatic rings. The summed E-state index contributed by atoms with van der Waals surface area (Å²) in [7, 11) is -4.14. The summed E-state index contributed by atoms with van der Waals surface area (Å²) in [6.45, 7) is 0. The first-order valence-electron chi connectivity index (χ1n) is 12.2. The topological polar surface area (TPSA) is 92.7 Å². The molecule has 1 heterocycles. The van der Waals surface area contributed by atoms with Crippen molar-refractivity contribution in [2.24, 2.45) is 17.8 Å². The number of carbonyl (C=O) groups is 1. The predicted octanol–water partition coefficient (Wildman–Crippen LogP) is 6.72. The highest BCUT2D eigenvalue weighted by Crippen LogP contribution is 2.51. The minimum absolute atomic E-state index is 0.0945. The molecule has 0 aromatic heterocycles. The monoisotopic (exact) mass is 581 g/mol. The molecule has 37 heavy (non-hydrogen) atoms. The van der Waals surface area contributed by atoms with Crippen LogP contribution in [0.5, 0.6) is 0 Å². The number of hydrogen-bond donors (Lipinski definition) is 2. The molecule has 0 radical (unpaired) electrons. The summed E-state index contributed by atoms with van der Waals surface area (Å²) >= 11 is 18.2. The molecule has 0 spiro atoms. The van der Waals surface area contributed by atoms with Gasteiger partial charge in [-0.2, -0.15) is 0 Å². The van der Waals surface area contributed by atoms with Gasteiger partial charge in [-0.05, 0) is 73.9 Å². The Bertz CT molecular complexity index is 1360. The van der Waals surface area contributed by atoms with Gasteiger partial charge in [-0.1, -0.05) is 59.1 Å². The summed E-state index contributed by atoms with van der Waals surface area (Å²) in [5.74, 6) is -1.06. The normalized spacial score (nSPS) is 24.8. The molecular weight excluding hydrogens is 557 g/mol. The van der Waals surface area contributed by atoms with E-state index in [0.29, 0.717) is 11.4 Å². The largest absolute Gasteiger partial charge is 0.430 e. The van der Waals surface area contributed by atoms with Gasteiger partial charge in [-0.25, -0.2) is 8.42 Å². The maximum atomic E-state index is 13.2. The molecule has 10 heteroatoms. The van der Waals surface area contributed by atoms with Crippen LogP contribution in [0.25, 0.3) is 0 Å². The molecule has 1 aliphatic heterocycles. The van der Waals surface area contributed by atoms with Crippen LogP contribution >= 0.6 is 34.8 Å². The number of aliphatic hydroxyl groups excluding tert-OH is 1. The number of allylic oxidation sites excluding steroid dienone is 3. The zero-order valence-corrected chi connectivity index (χ0v) is 22.8. The molecule has 2 aliphatic carbocycles. The number of hydrogen-bond acceptors (Lipinski definition) is 5. The van der Waals surface area contributed by atoms with E-state index >= 15 is 0 Å². The van der Waals surface area contributed by atoms with E-state index in [0.717, 1.165) is 37.7 Å². The average molecular weight is 583 g/mol. The van der Waals surface area contributed by atoms with Crippen LogP contribution in [0.4, 0.5) is 5.69 Å². The number of anilines is 1. The Morgan fingerprint density at radius 3 is 2.49 bits per heavy atom. The first-order chi connectivity index (χ1) is 17.7. The zero-order valence-electron chi connectivity index (χ0n) is 19.7. The van der Waals surface area contributed by atoms with Crippen molar-refractivity contribution in [2.75, 3.05) is 4.72 Å². The quantitative estimate of drug-likeness (QED) is 0.369. The first kappa shape index (κ1) is 26.6. The fraction of sp³-hybridized carbons (Fsp3) is 0.370. The molecule has 0 amide bonds. The number of benzene rings is 2. The van der Waals surface area contributed by atoms with Gasteiger partial charge in [0.15, 0.2) is 0 Å². The number of halogens is 3. The van der Waals surface area contributed by atoms with Crippen LogP contribution in [0.1, 0.15) is 43.6 Å². The van der Waals surface area contributed by atoms with Crippen LogP contribution in [0.15, 0.2) is 65.3 Å². The van der Waals surface area contributed by atoms with Crippen molar-refractivity contribution in [3.05, 3.63) is 81.0 Å². The van der Waals surface area contributed by atoms with Gasteiger partial charge >= 0.3 is 5.97 Å². The van der Waals surface area contributed by atoms with E-state index in [9.17, 15) is 18.3 Å². The smallest absolute Gasteiger partial charge is 0.317 e. The van der Waals surface area contributed by atoms with Crippen LogP contribution in [-0.4, -0.2) is 25.6 Å². The van der Waals surface area contributed by atoms with Gasteiger partial charge in [0, 0.05) is 22.5 Å². The molecule has 196 valence electrons. The van der Waals surface area contributed by atoms with Crippen molar-refractivity contribution in [2.45, 2.75) is 49.0 Å². The minimum Gasteiger partial charge on any atom is -0.430 e. The number of esters is 1. The van der Waals surface area contributed by atoms with Crippen LogP contribution in [0, 0.1) is 17.8 Å². The molecule has 4 atom stereocenters. The van der Waals surface area contributed by atoms with Crippen molar-refractivity contribution >= 4 is 56.5 Å². The first-order valence-corrected chi connectivity index (χ1v) is 14.8. The van der Waals surface area contributed by atoms with E-state index in [-0.39, 0.29) is 37.7 Å². The molecule has 1 saturated carbocycles. The second-order valence-electron chi connectivity index (χ2n) is 9.76. The third-order valence-electron chi connectivity index (χ3n) is 7.19. The predicted molar refractivity (Wildman–Crippen MR) is 144 cm³/mol. The van der Waals surface area contributed by atoms with Crippen molar-refractivity contribution in [1.29, 1.82) is 0 Å². The zero-order chi connectivity index (χ0) is 26.3. The Hall–Kier alpha value is -2.03. The van der Waals surface area contributed by atoms with Gasteiger partial charge in [-0.3, -0.25) is 9.52 Å². The summed E-state index contributed by atoms with van der Waals surface area (Å²) in [5.41, 5.74) is 1.05. The maximum absolute atomic E-state index is 13.2. The van der Waals surface area contributed by atoms with Gasteiger partial charge in [0.25, 0.3) is 10.0 Å². The highest BCUT2D eigenvalue weighted by molar-refractivity contribution is 7.93. The Morgan fingerprint density at radius 1 is 1.05 bits per heavy atom. The third-order valence-corrected chi connectivity index (χ3v) is 9.71. The second kappa shape index (κ2) is 10.6. The van der Waals surface area contributed by atoms with Crippen molar-refractivity contribution in [1.82, 2.24) is 0 Å². The van der Waals surface area contributed by atoms with Crippen LogP contribution in [-0.2, 0) is 19.6 Å². The van der Waals surface area contributed by atoms with Crippen molar-refractivity contribution in [3.63, 3.8) is 0 Å². The molecule has 4 unspecified atom stereocenters. The fourth-order valence-corrected chi connectivity index (χ4v) is 7.99. The van der Waals surface area contributed by atoms with Crippen LogP contribution in [0.3, 0.4) is 0 Å². The second-order valence-corrected chi connectivity index (χ2v) is 12.6. The molecular formula is C27H26Cl3NO5S. The number of carbonyl (C=O) groups excluding carboxylic acids is 1. The van der Waals surface area contributed by atoms with E-state index in [1.165, 1.54) is 12.1 Å². The van der Waals surface area contributed by atoms with E-state index in [1.54, 1.807) is 24.3 Å². The van der Waals surface area contributed by atoms with Crippen molar-refractivity contribution in [3.8, 4) is 0 Å². The summed E-state index contributed by atoms with van der Waals surface area (Å²) < 4.78 is 34.6. The maximum Gasteiger partial charge on any atom is 0.317 e. The number of fused-ring (bicyclic) bond motifs is 1. The molecule has 6 nitrogen and oxygen atoms in total. The van der Waals surface area contributed by atoms with E-state index in [4.69, 9.17) is 39.5 Å². The standard InChI is InChI=1S/C27H26Cl3NO5S/c28-17-13-20(29)26(21(30)14-17)37(34,35)31-18-7-5-6-16(12-18)23(15-10-11-15)24-25(32)19-8-3-1-2-4-9-22(19)36-27(24)33/h2,4-7,9,12-15,19,23-25,31-32H,1,3,8,10-11H2. The number of rotatable bonds is 6. The van der Waals surface area contributed by atoms with Gasteiger partial charge in [0.2, 0.25) is 0 Å². The summed E-state index contributed by atoms with van der Waals surface area (Å²) in [6.07, 6.45) is 9.14. The van der Waals surface area contributed by atoms with Gasteiger partial charge in [0.05, 0.1) is 22.1 Å². The fourth-order valence-electron chi connectivity index (χ4n) is 5.39. The molecule has 5 rings (SSSR count). The van der Waals surface area contributed by atoms with Crippen molar-refractivity contribution < 1.29 is 23.1 Å². The lowest BCUT2D eigenvalue weighted by molar-refractivity contribution is -0.160. The lowest BCUT2D eigenvalue weighted by Crippen LogP contribution is -2.45. The van der Waals surface area contributed by atoms with E-state index in [1.807, 2.05) is 18.2 Å².